The van der Waals surface area contributed by atoms with Crippen molar-refractivity contribution in [2.75, 3.05) is 0 Å². The average molecular weight is 246 g/mol. The topological polar surface area (TPSA) is 68.9 Å². The van der Waals surface area contributed by atoms with Crippen LogP contribution in [0.3, 0.4) is 0 Å². The van der Waals surface area contributed by atoms with E-state index in [4.69, 9.17) is 12.2 Å². The zero-order chi connectivity index (χ0) is 12.3. The van der Waals surface area contributed by atoms with Gasteiger partial charge in [-0.05, 0) is 36.0 Å². The van der Waals surface area contributed by atoms with Crippen molar-refractivity contribution < 1.29 is 5.11 Å². The number of aromatic hydroxyl groups is 1. The van der Waals surface area contributed by atoms with Crippen molar-refractivity contribution in [3.05, 3.63) is 56.7 Å². The van der Waals surface area contributed by atoms with Gasteiger partial charge in [-0.2, -0.15) is 0 Å². The molecule has 0 bridgehead atoms. The van der Waals surface area contributed by atoms with Crippen LogP contribution in [-0.2, 0) is 0 Å². The Morgan fingerprint density at radius 2 is 2.12 bits per heavy atom. The van der Waals surface area contributed by atoms with E-state index >= 15 is 0 Å². The zero-order valence-electron chi connectivity index (χ0n) is 8.81. The predicted molar refractivity (Wildman–Crippen MR) is 69.3 cm³/mol. The molecule has 0 spiro atoms. The highest BCUT2D eigenvalue weighted by Gasteiger charge is 1.94. The van der Waals surface area contributed by atoms with Gasteiger partial charge >= 0.3 is 0 Å². The lowest BCUT2D eigenvalue weighted by Gasteiger charge is -1.95. The molecule has 0 amide bonds. The fourth-order valence-electron chi connectivity index (χ4n) is 1.36. The third kappa shape index (κ3) is 2.92. The van der Waals surface area contributed by atoms with E-state index in [-0.39, 0.29) is 11.3 Å². The Balaban J connectivity index is 2.32. The zero-order valence-corrected chi connectivity index (χ0v) is 9.62. The third-order valence-corrected chi connectivity index (χ3v) is 2.39. The lowest BCUT2D eigenvalue weighted by Crippen LogP contribution is -2.09. The molecule has 2 aromatic rings. The van der Waals surface area contributed by atoms with Crippen molar-refractivity contribution in [1.82, 2.24) is 9.97 Å². The monoisotopic (exact) mass is 246 g/mol. The van der Waals surface area contributed by atoms with E-state index in [0.29, 0.717) is 10.3 Å². The molecule has 0 aliphatic heterocycles. The molecular weight excluding hydrogens is 236 g/mol. The summed E-state index contributed by atoms with van der Waals surface area (Å²) in [5.41, 5.74) is 1.04. The molecule has 1 heterocycles. The molecule has 86 valence electrons. The first-order valence-corrected chi connectivity index (χ1v) is 5.35. The van der Waals surface area contributed by atoms with E-state index in [0.717, 1.165) is 5.56 Å². The minimum absolute atomic E-state index is 0.188. The van der Waals surface area contributed by atoms with Crippen molar-refractivity contribution in [2.45, 2.75) is 0 Å². The average Bonchev–Trinajstić information content (AvgIpc) is 2.28. The van der Waals surface area contributed by atoms with Crippen LogP contribution in [0, 0.1) is 4.77 Å². The summed E-state index contributed by atoms with van der Waals surface area (Å²) in [7, 11) is 0. The largest absolute Gasteiger partial charge is 0.508 e. The first-order chi connectivity index (χ1) is 8.15. The number of hydrogen-bond acceptors (Lipinski definition) is 3. The summed E-state index contributed by atoms with van der Waals surface area (Å²) < 4.78 is 0.296. The summed E-state index contributed by atoms with van der Waals surface area (Å²) in [4.78, 5) is 16.7. The Bertz CT molecular complexity index is 670. The van der Waals surface area contributed by atoms with Crippen LogP contribution in [0.15, 0.2) is 35.3 Å². The first kappa shape index (κ1) is 11.3. The Kier molecular flexibility index (Phi) is 3.20. The van der Waals surface area contributed by atoms with E-state index in [2.05, 4.69) is 9.97 Å². The molecule has 5 heteroatoms. The van der Waals surface area contributed by atoms with Gasteiger partial charge in [-0.25, -0.2) is 0 Å². The molecule has 0 saturated carbocycles. The maximum absolute atomic E-state index is 11.5. The molecule has 1 aromatic carbocycles. The van der Waals surface area contributed by atoms with Gasteiger partial charge in [0.25, 0.3) is 5.56 Å². The summed E-state index contributed by atoms with van der Waals surface area (Å²) in [6.07, 6.45) is 4.93. The van der Waals surface area contributed by atoms with Gasteiger partial charge in [0.15, 0.2) is 4.77 Å². The van der Waals surface area contributed by atoms with Crippen molar-refractivity contribution in [3.8, 4) is 5.75 Å². The maximum Gasteiger partial charge on any atom is 0.258 e. The Hall–Kier alpha value is -2.14. The van der Waals surface area contributed by atoms with Crippen LogP contribution in [0.1, 0.15) is 11.1 Å². The minimum Gasteiger partial charge on any atom is -0.508 e. The van der Waals surface area contributed by atoms with Gasteiger partial charge < -0.3 is 10.1 Å². The van der Waals surface area contributed by atoms with E-state index in [1.54, 1.807) is 36.5 Å². The van der Waals surface area contributed by atoms with Crippen molar-refractivity contribution in [3.63, 3.8) is 0 Å². The van der Waals surface area contributed by atoms with Gasteiger partial charge in [0.1, 0.15) is 5.75 Å². The molecule has 3 N–H and O–H groups in total. The van der Waals surface area contributed by atoms with Crippen molar-refractivity contribution in [1.29, 1.82) is 0 Å². The number of aromatic nitrogens is 2. The number of nitrogens with one attached hydrogen (secondary N) is 2. The number of benzene rings is 1. The molecule has 0 aliphatic rings. The number of aromatic amines is 2. The van der Waals surface area contributed by atoms with Gasteiger partial charge in [0.2, 0.25) is 0 Å². The predicted octanol–water partition coefficient (Wildman–Crippen LogP) is 2.31. The molecule has 1 aromatic heterocycles. The van der Waals surface area contributed by atoms with Gasteiger partial charge in [0.05, 0.1) is 5.56 Å². The van der Waals surface area contributed by atoms with E-state index in [1.807, 2.05) is 6.07 Å². The second kappa shape index (κ2) is 4.80. The summed E-state index contributed by atoms with van der Waals surface area (Å²) in [5, 5.41) is 9.28. The molecule has 0 aliphatic carbocycles. The number of phenolic OH excluding ortho intramolecular Hbond substituents is 1. The van der Waals surface area contributed by atoms with E-state index in [9.17, 15) is 9.90 Å². The molecule has 0 unspecified atom stereocenters. The quantitative estimate of drug-likeness (QED) is 0.712. The summed E-state index contributed by atoms with van der Waals surface area (Å²) in [5.74, 6) is 0.188. The highest BCUT2D eigenvalue weighted by molar-refractivity contribution is 7.71. The maximum atomic E-state index is 11.5. The smallest absolute Gasteiger partial charge is 0.258 e. The number of hydrogen-bond donors (Lipinski definition) is 3. The molecule has 0 radical (unpaired) electrons. The molecular formula is C12H10N2O2S. The van der Waals surface area contributed by atoms with Crippen LogP contribution in [0.4, 0.5) is 0 Å². The Labute approximate surface area is 102 Å². The summed E-state index contributed by atoms with van der Waals surface area (Å²) >= 11 is 4.79. The van der Waals surface area contributed by atoms with Crippen LogP contribution in [0.5, 0.6) is 5.75 Å². The summed E-state index contributed by atoms with van der Waals surface area (Å²) in [6, 6.07) is 6.76. The van der Waals surface area contributed by atoms with Crippen LogP contribution < -0.4 is 5.56 Å². The molecule has 2 rings (SSSR count). The highest BCUT2D eigenvalue weighted by atomic mass is 32.1. The normalized spacial score (nSPS) is 10.8. The molecule has 0 fully saturated rings. The molecule has 0 saturated heterocycles. The van der Waals surface area contributed by atoms with Crippen molar-refractivity contribution in [2.24, 2.45) is 0 Å². The van der Waals surface area contributed by atoms with Gasteiger partial charge in [-0.1, -0.05) is 18.2 Å². The number of phenols is 1. The fraction of sp³-hybridized carbons (Fsp3) is 0. The Morgan fingerprint density at radius 3 is 2.82 bits per heavy atom. The lowest BCUT2D eigenvalue weighted by molar-refractivity contribution is 0.475. The number of H-pyrrole nitrogens is 2. The van der Waals surface area contributed by atoms with Gasteiger partial charge in [-0.15, -0.1) is 0 Å². The molecule has 17 heavy (non-hydrogen) atoms. The van der Waals surface area contributed by atoms with Crippen LogP contribution in [0.2, 0.25) is 0 Å². The highest BCUT2D eigenvalue weighted by Crippen LogP contribution is 2.12. The van der Waals surface area contributed by atoms with E-state index < -0.39 is 0 Å². The third-order valence-electron chi connectivity index (χ3n) is 2.17. The van der Waals surface area contributed by atoms with Crippen LogP contribution in [0.25, 0.3) is 12.2 Å². The minimum atomic E-state index is -0.245. The fourth-order valence-corrected chi connectivity index (χ4v) is 1.51. The van der Waals surface area contributed by atoms with Gasteiger partial charge in [0, 0.05) is 6.20 Å². The summed E-state index contributed by atoms with van der Waals surface area (Å²) in [6.45, 7) is 0. The van der Waals surface area contributed by atoms with Crippen LogP contribution >= 0.6 is 12.2 Å². The SMILES string of the molecule is O=c1[nH]c(=S)[nH]cc1/C=C/c1cccc(O)c1. The standard InChI is InChI=1S/C12H10N2O2S/c15-10-3-1-2-8(6-10)4-5-9-7-13-12(17)14-11(9)16/h1-7,15H,(H2,13,14,16,17)/b5-4+. The second-order valence-electron chi connectivity index (χ2n) is 3.46. The Morgan fingerprint density at radius 1 is 1.29 bits per heavy atom. The second-order valence-corrected chi connectivity index (χ2v) is 3.86. The first-order valence-electron chi connectivity index (χ1n) is 4.94. The number of rotatable bonds is 2. The van der Waals surface area contributed by atoms with E-state index in [1.165, 1.54) is 0 Å². The molecule has 0 atom stereocenters. The van der Waals surface area contributed by atoms with Crippen LogP contribution in [-0.4, -0.2) is 15.1 Å². The van der Waals surface area contributed by atoms with Gasteiger partial charge in [-0.3, -0.25) is 9.78 Å². The lowest BCUT2D eigenvalue weighted by atomic mass is 10.2. The molecule has 4 nitrogen and oxygen atoms in total. The van der Waals surface area contributed by atoms with Crippen molar-refractivity contribution >= 4 is 24.4 Å².